The molecule has 0 saturated carbocycles. The smallest absolute Gasteiger partial charge is 0.406 e. The van der Waals surface area contributed by atoms with Crippen LogP contribution in [0.2, 0.25) is 0 Å². The normalized spacial score (nSPS) is 15.2. The second kappa shape index (κ2) is 8.41. The summed E-state index contributed by atoms with van der Waals surface area (Å²) >= 11 is 0. The molecule has 0 atom stereocenters. The Hall–Kier alpha value is -2.97. The highest BCUT2D eigenvalue weighted by molar-refractivity contribution is 5.55. The Labute approximate surface area is 167 Å². The monoisotopic (exact) mass is 433 g/mol. The summed E-state index contributed by atoms with van der Waals surface area (Å²) in [7, 11) is 0. The minimum atomic E-state index is -4.89. The highest BCUT2D eigenvalue weighted by Crippen LogP contribution is 2.35. The summed E-state index contributed by atoms with van der Waals surface area (Å²) in [4.78, 5) is 2.47. The van der Waals surface area contributed by atoms with Gasteiger partial charge in [-0.05, 0) is 37.5 Å². The average molecular weight is 433 g/mol. The van der Waals surface area contributed by atoms with Crippen LogP contribution in [-0.4, -0.2) is 36.0 Å². The summed E-state index contributed by atoms with van der Waals surface area (Å²) < 4.78 is 84.3. The number of alkyl halides is 6. The van der Waals surface area contributed by atoms with Crippen LogP contribution in [0.1, 0.15) is 36.3 Å². The first-order valence-electron chi connectivity index (χ1n) is 9.07. The van der Waals surface area contributed by atoms with Gasteiger partial charge < -0.3 is 14.2 Å². The lowest BCUT2D eigenvalue weighted by Gasteiger charge is -2.26. The van der Waals surface area contributed by atoms with Crippen molar-refractivity contribution < 1.29 is 30.8 Å². The zero-order valence-electron chi connectivity index (χ0n) is 15.6. The van der Waals surface area contributed by atoms with Gasteiger partial charge in [-0.1, -0.05) is 5.10 Å². The Bertz CT molecular complexity index is 911. The number of halogens is 6. The van der Waals surface area contributed by atoms with Gasteiger partial charge in [0, 0.05) is 18.8 Å². The quantitative estimate of drug-likeness (QED) is 0.646. The van der Waals surface area contributed by atoms with Gasteiger partial charge >= 0.3 is 18.4 Å². The Kier molecular flexibility index (Phi) is 6.09. The van der Waals surface area contributed by atoms with E-state index < -0.39 is 36.6 Å². The van der Waals surface area contributed by atoms with Gasteiger partial charge in [0.05, 0.1) is 23.7 Å². The van der Waals surface area contributed by atoms with Crippen molar-refractivity contribution in [2.45, 2.75) is 38.2 Å². The van der Waals surface area contributed by atoms with Gasteiger partial charge in [0.25, 0.3) is 0 Å². The summed E-state index contributed by atoms with van der Waals surface area (Å²) in [5.74, 6) is -0.155. The molecule has 6 nitrogen and oxygen atoms in total. The van der Waals surface area contributed by atoms with E-state index in [0.717, 1.165) is 31.4 Å². The van der Waals surface area contributed by atoms with Crippen molar-refractivity contribution in [3.63, 3.8) is 0 Å². The van der Waals surface area contributed by atoms with Crippen LogP contribution in [0.25, 0.3) is 0 Å². The van der Waals surface area contributed by atoms with Gasteiger partial charge in [0.1, 0.15) is 6.54 Å². The maximum Gasteiger partial charge on any atom is 0.417 e. The van der Waals surface area contributed by atoms with E-state index in [0.29, 0.717) is 24.1 Å². The number of aromatic nitrogens is 2. The molecule has 162 valence electrons. The minimum absolute atomic E-state index is 0.155. The molecule has 30 heavy (non-hydrogen) atoms. The van der Waals surface area contributed by atoms with Crippen LogP contribution in [-0.2, 0) is 12.7 Å². The molecular formula is C18H17F6N5O. The van der Waals surface area contributed by atoms with Crippen molar-refractivity contribution in [1.29, 1.82) is 5.26 Å². The lowest BCUT2D eigenvalue weighted by molar-refractivity contribution is -0.137. The molecule has 1 aromatic carbocycles. The van der Waals surface area contributed by atoms with Crippen LogP contribution >= 0.6 is 0 Å². The third-order valence-corrected chi connectivity index (χ3v) is 4.57. The predicted molar refractivity (Wildman–Crippen MR) is 93.6 cm³/mol. The van der Waals surface area contributed by atoms with E-state index in [1.807, 2.05) is 4.90 Å². The summed E-state index contributed by atoms with van der Waals surface area (Å²) in [6.07, 6.45) is -6.69. The SMILES string of the molecule is N#Cc1ccc(N(Cc2nnc(N3CCCCC3)o2)CC(F)(F)F)cc1C(F)(F)F. The number of piperidine rings is 1. The van der Waals surface area contributed by atoms with Crippen LogP contribution in [0.3, 0.4) is 0 Å². The highest BCUT2D eigenvalue weighted by atomic mass is 19.4. The highest BCUT2D eigenvalue weighted by Gasteiger charge is 2.36. The lowest BCUT2D eigenvalue weighted by atomic mass is 10.1. The molecular weight excluding hydrogens is 416 g/mol. The average Bonchev–Trinajstić information content (AvgIpc) is 3.14. The molecule has 1 aliphatic rings. The Morgan fingerprint density at radius 3 is 2.37 bits per heavy atom. The first-order chi connectivity index (χ1) is 14.1. The third kappa shape index (κ3) is 5.34. The van der Waals surface area contributed by atoms with Crippen molar-refractivity contribution in [3.8, 4) is 6.07 Å². The molecule has 3 rings (SSSR count). The Morgan fingerprint density at radius 1 is 1.07 bits per heavy atom. The fourth-order valence-corrected chi connectivity index (χ4v) is 3.20. The number of hydrogen-bond acceptors (Lipinski definition) is 6. The topological polar surface area (TPSA) is 69.2 Å². The van der Waals surface area contributed by atoms with Gasteiger partial charge in [-0.25, -0.2) is 0 Å². The molecule has 1 aromatic heterocycles. The Morgan fingerprint density at radius 2 is 1.77 bits per heavy atom. The molecule has 1 fully saturated rings. The van der Waals surface area contributed by atoms with Gasteiger partial charge in [0.2, 0.25) is 5.89 Å². The van der Waals surface area contributed by atoms with Crippen molar-refractivity contribution in [2.24, 2.45) is 0 Å². The second-order valence-electron chi connectivity index (χ2n) is 6.84. The summed E-state index contributed by atoms with van der Waals surface area (Å²) in [6, 6.07) is 3.96. The standard InChI is InChI=1S/C18H17F6N5O/c19-17(20,21)11-29(13-5-4-12(9-25)14(8-13)18(22,23)24)10-15-26-27-16(30-15)28-6-2-1-3-7-28/h4-5,8H,1-3,6-7,10-11H2. The van der Waals surface area contributed by atoms with Crippen LogP contribution < -0.4 is 9.80 Å². The maximum absolute atomic E-state index is 13.2. The zero-order valence-corrected chi connectivity index (χ0v) is 15.6. The summed E-state index contributed by atoms with van der Waals surface area (Å²) in [6.45, 7) is -0.710. The number of benzene rings is 1. The lowest BCUT2D eigenvalue weighted by Crippen LogP contribution is -2.34. The molecule has 2 heterocycles. The molecule has 0 aliphatic carbocycles. The van der Waals surface area contributed by atoms with Gasteiger partial charge in [-0.3, -0.25) is 0 Å². The number of nitrogens with zero attached hydrogens (tertiary/aromatic N) is 5. The van der Waals surface area contributed by atoms with Crippen molar-refractivity contribution in [2.75, 3.05) is 29.4 Å². The third-order valence-electron chi connectivity index (χ3n) is 4.57. The molecule has 12 heteroatoms. The van der Waals surface area contributed by atoms with Crippen LogP contribution in [0.15, 0.2) is 22.6 Å². The van der Waals surface area contributed by atoms with Crippen LogP contribution in [0, 0.1) is 11.3 Å². The molecule has 0 bridgehead atoms. The van der Waals surface area contributed by atoms with E-state index in [2.05, 4.69) is 10.2 Å². The number of nitriles is 1. The first-order valence-corrected chi connectivity index (χ1v) is 9.07. The second-order valence-corrected chi connectivity index (χ2v) is 6.84. The van der Waals surface area contributed by atoms with Gasteiger partial charge in [0.15, 0.2) is 0 Å². The van der Waals surface area contributed by atoms with E-state index in [4.69, 9.17) is 9.68 Å². The molecule has 0 radical (unpaired) electrons. The molecule has 2 aromatic rings. The largest absolute Gasteiger partial charge is 0.417 e. The van der Waals surface area contributed by atoms with E-state index in [-0.39, 0.29) is 17.6 Å². The van der Waals surface area contributed by atoms with Crippen LogP contribution in [0.5, 0.6) is 0 Å². The fourth-order valence-electron chi connectivity index (χ4n) is 3.20. The molecule has 1 saturated heterocycles. The minimum Gasteiger partial charge on any atom is -0.406 e. The number of hydrogen-bond donors (Lipinski definition) is 0. The van der Waals surface area contributed by atoms with Crippen LogP contribution in [0.4, 0.5) is 38.0 Å². The molecule has 0 unspecified atom stereocenters. The van der Waals surface area contributed by atoms with E-state index in [9.17, 15) is 26.3 Å². The van der Waals surface area contributed by atoms with Gasteiger partial charge in [-0.2, -0.15) is 31.6 Å². The van der Waals surface area contributed by atoms with Crippen molar-refractivity contribution in [1.82, 2.24) is 10.2 Å². The summed E-state index contributed by atoms with van der Waals surface area (Å²) in [5.41, 5.74) is -2.35. The van der Waals surface area contributed by atoms with Crippen molar-refractivity contribution in [3.05, 3.63) is 35.2 Å². The molecule has 0 amide bonds. The summed E-state index contributed by atoms with van der Waals surface area (Å²) in [5, 5.41) is 16.5. The van der Waals surface area contributed by atoms with Crippen molar-refractivity contribution >= 4 is 11.7 Å². The first kappa shape index (κ1) is 21.7. The maximum atomic E-state index is 13.2. The molecule has 0 spiro atoms. The van der Waals surface area contributed by atoms with E-state index in [1.54, 1.807) is 0 Å². The van der Waals surface area contributed by atoms with E-state index in [1.165, 1.54) is 6.07 Å². The Balaban J connectivity index is 1.89. The molecule has 0 N–H and O–H groups in total. The van der Waals surface area contributed by atoms with E-state index >= 15 is 0 Å². The predicted octanol–water partition coefficient (Wildman–Crippen LogP) is 4.52. The van der Waals surface area contributed by atoms with Gasteiger partial charge in [-0.15, -0.1) is 5.10 Å². The fraction of sp³-hybridized carbons (Fsp3) is 0.500. The molecule has 1 aliphatic heterocycles. The number of anilines is 2. The zero-order chi connectivity index (χ0) is 21.9. The number of rotatable bonds is 5.